The molecule has 1 fully saturated rings. The predicted octanol–water partition coefficient (Wildman–Crippen LogP) is 3.65. The second-order valence-corrected chi connectivity index (χ2v) is 8.11. The zero-order valence-corrected chi connectivity index (χ0v) is 17.8. The first-order valence-corrected chi connectivity index (χ1v) is 10.5. The standard InChI is InChI=1S/C24H28F2N2O3/c1-16(29)28-21(14-17-7-5-8-18(13-17)31-2)23(30)27-15-24(11-3-4-12-24)22-19(25)9-6-10-20(22)26/h5-10,13,21H,3-4,11-12,14-15H2,1-2H3,(H,27,30)(H,28,29). The van der Waals surface area contributed by atoms with Crippen LogP contribution in [0.5, 0.6) is 5.75 Å². The number of ether oxygens (including phenoxy) is 1. The van der Waals surface area contributed by atoms with Gasteiger partial charge in [0.25, 0.3) is 0 Å². The minimum atomic E-state index is -0.812. The minimum Gasteiger partial charge on any atom is -0.497 e. The van der Waals surface area contributed by atoms with E-state index in [0.29, 0.717) is 18.6 Å². The van der Waals surface area contributed by atoms with E-state index < -0.39 is 23.1 Å². The number of halogens is 2. The van der Waals surface area contributed by atoms with Crippen LogP contribution >= 0.6 is 0 Å². The van der Waals surface area contributed by atoms with E-state index in [0.717, 1.165) is 18.4 Å². The molecule has 0 heterocycles. The van der Waals surface area contributed by atoms with Crippen LogP contribution in [0.1, 0.15) is 43.7 Å². The smallest absolute Gasteiger partial charge is 0.242 e. The van der Waals surface area contributed by atoms with E-state index in [1.54, 1.807) is 19.2 Å². The van der Waals surface area contributed by atoms with Gasteiger partial charge in [-0.05, 0) is 42.7 Å². The monoisotopic (exact) mass is 430 g/mol. The predicted molar refractivity (Wildman–Crippen MR) is 114 cm³/mol. The van der Waals surface area contributed by atoms with Gasteiger partial charge in [-0.15, -0.1) is 0 Å². The first-order valence-electron chi connectivity index (χ1n) is 10.5. The average Bonchev–Trinajstić information content (AvgIpc) is 3.21. The van der Waals surface area contributed by atoms with E-state index in [9.17, 15) is 18.4 Å². The summed E-state index contributed by atoms with van der Waals surface area (Å²) in [5, 5.41) is 5.53. The van der Waals surface area contributed by atoms with E-state index in [1.807, 2.05) is 12.1 Å². The number of rotatable bonds is 8. The summed E-state index contributed by atoms with van der Waals surface area (Å²) in [6.45, 7) is 1.46. The van der Waals surface area contributed by atoms with E-state index in [-0.39, 0.29) is 30.3 Å². The average molecular weight is 430 g/mol. The van der Waals surface area contributed by atoms with Gasteiger partial charge in [0.1, 0.15) is 23.4 Å². The molecule has 5 nitrogen and oxygen atoms in total. The molecule has 2 amide bonds. The Kier molecular flexibility index (Phi) is 7.25. The van der Waals surface area contributed by atoms with Crippen molar-refractivity contribution in [2.45, 2.75) is 50.5 Å². The summed E-state index contributed by atoms with van der Waals surface area (Å²) in [6.07, 6.45) is 3.12. The Labute approximate surface area is 181 Å². The first-order chi connectivity index (χ1) is 14.8. The van der Waals surface area contributed by atoms with Crippen molar-refractivity contribution in [2.75, 3.05) is 13.7 Å². The highest BCUT2D eigenvalue weighted by Crippen LogP contribution is 2.42. The highest BCUT2D eigenvalue weighted by atomic mass is 19.1. The third-order valence-corrected chi connectivity index (χ3v) is 5.92. The number of benzene rings is 2. The van der Waals surface area contributed by atoms with Crippen LogP contribution in [0.4, 0.5) is 8.78 Å². The Morgan fingerprint density at radius 2 is 1.74 bits per heavy atom. The van der Waals surface area contributed by atoms with Gasteiger partial charge in [0.15, 0.2) is 0 Å². The van der Waals surface area contributed by atoms with Crippen molar-refractivity contribution in [3.05, 3.63) is 65.2 Å². The van der Waals surface area contributed by atoms with Crippen molar-refractivity contribution < 1.29 is 23.1 Å². The molecule has 31 heavy (non-hydrogen) atoms. The van der Waals surface area contributed by atoms with Gasteiger partial charge < -0.3 is 15.4 Å². The fourth-order valence-electron chi connectivity index (χ4n) is 4.44. The Morgan fingerprint density at radius 3 is 2.35 bits per heavy atom. The highest BCUT2D eigenvalue weighted by Gasteiger charge is 2.40. The van der Waals surface area contributed by atoms with Gasteiger partial charge in [-0.3, -0.25) is 9.59 Å². The largest absolute Gasteiger partial charge is 0.497 e. The van der Waals surface area contributed by atoms with Crippen LogP contribution in [0.25, 0.3) is 0 Å². The molecule has 2 aromatic carbocycles. The number of hydrogen-bond donors (Lipinski definition) is 2. The number of amides is 2. The van der Waals surface area contributed by atoms with Crippen LogP contribution in [-0.4, -0.2) is 31.5 Å². The summed E-state index contributed by atoms with van der Waals surface area (Å²) in [6, 6.07) is 10.3. The van der Waals surface area contributed by atoms with Crippen LogP contribution in [0.15, 0.2) is 42.5 Å². The van der Waals surface area contributed by atoms with Gasteiger partial charge in [-0.2, -0.15) is 0 Å². The summed E-state index contributed by atoms with van der Waals surface area (Å²) in [5.74, 6) is -1.25. The van der Waals surface area contributed by atoms with Crippen LogP contribution < -0.4 is 15.4 Å². The van der Waals surface area contributed by atoms with E-state index in [2.05, 4.69) is 10.6 Å². The molecule has 0 bridgehead atoms. The Bertz CT molecular complexity index is 922. The molecule has 7 heteroatoms. The van der Waals surface area contributed by atoms with E-state index >= 15 is 0 Å². The summed E-state index contributed by atoms with van der Waals surface area (Å²) >= 11 is 0. The van der Waals surface area contributed by atoms with Crippen molar-refractivity contribution in [1.82, 2.24) is 10.6 Å². The molecule has 1 saturated carbocycles. The zero-order chi connectivity index (χ0) is 22.4. The van der Waals surface area contributed by atoms with Crippen LogP contribution in [0.3, 0.4) is 0 Å². The van der Waals surface area contributed by atoms with Crippen molar-refractivity contribution in [2.24, 2.45) is 0 Å². The SMILES string of the molecule is COc1cccc(CC(NC(C)=O)C(=O)NCC2(c3c(F)cccc3F)CCCC2)c1. The quantitative estimate of drug-likeness (QED) is 0.672. The molecule has 1 atom stereocenters. The molecule has 3 rings (SSSR count). The lowest BCUT2D eigenvalue weighted by Crippen LogP contribution is -2.50. The third-order valence-electron chi connectivity index (χ3n) is 5.92. The fourth-order valence-corrected chi connectivity index (χ4v) is 4.44. The van der Waals surface area contributed by atoms with E-state index in [4.69, 9.17) is 4.74 Å². The Hall–Kier alpha value is -2.96. The molecule has 2 N–H and O–H groups in total. The molecule has 166 valence electrons. The van der Waals surface area contributed by atoms with Gasteiger partial charge >= 0.3 is 0 Å². The second-order valence-electron chi connectivity index (χ2n) is 8.11. The van der Waals surface area contributed by atoms with E-state index in [1.165, 1.54) is 25.1 Å². The minimum absolute atomic E-state index is 0.0386. The number of carbonyl (C=O) groups excluding carboxylic acids is 2. The molecule has 0 aliphatic heterocycles. The van der Waals surface area contributed by atoms with Gasteiger partial charge in [0.2, 0.25) is 11.8 Å². The van der Waals surface area contributed by atoms with Crippen molar-refractivity contribution in [3.63, 3.8) is 0 Å². The molecular weight excluding hydrogens is 402 g/mol. The van der Waals surface area contributed by atoms with Gasteiger partial charge in [-0.1, -0.05) is 31.0 Å². The summed E-state index contributed by atoms with van der Waals surface area (Å²) < 4.78 is 34.3. The van der Waals surface area contributed by atoms with Crippen molar-refractivity contribution >= 4 is 11.8 Å². The number of hydrogen-bond acceptors (Lipinski definition) is 3. The molecule has 0 saturated heterocycles. The maximum atomic E-state index is 14.5. The molecule has 0 radical (unpaired) electrons. The van der Waals surface area contributed by atoms with Crippen LogP contribution in [0.2, 0.25) is 0 Å². The molecule has 2 aromatic rings. The van der Waals surface area contributed by atoms with Crippen molar-refractivity contribution in [1.29, 1.82) is 0 Å². The van der Waals surface area contributed by atoms with Gasteiger partial charge in [0, 0.05) is 30.9 Å². The van der Waals surface area contributed by atoms with Crippen LogP contribution in [-0.2, 0) is 21.4 Å². The lowest BCUT2D eigenvalue weighted by atomic mass is 9.78. The Balaban J connectivity index is 1.78. The maximum Gasteiger partial charge on any atom is 0.242 e. The van der Waals surface area contributed by atoms with Crippen LogP contribution in [0, 0.1) is 11.6 Å². The lowest BCUT2D eigenvalue weighted by molar-refractivity contribution is -0.128. The molecule has 1 aliphatic carbocycles. The molecular formula is C24H28F2N2O3. The highest BCUT2D eigenvalue weighted by molar-refractivity contribution is 5.87. The topological polar surface area (TPSA) is 67.4 Å². The number of methoxy groups -OCH3 is 1. The Morgan fingerprint density at radius 1 is 1.10 bits per heavy atom. The number of carbonyl (C=O) groups is 2. The summed E-state index contributed by atoms with van der Waals surface area (Å²) in [5.41, 5.74) is 0.0719. The van der Waals surface area contributed by atoms with Crippen molar-refractivity contribution in [3.8, 4) is 5.75 Å². The lowest BCUT2D eigenvalue weighted by Gasteiger charge is -2.31. The van der Waals surface area contributed by atoms with Gasteiger partial charge in [0.05, 0.1) is 7.11 Å². The molecule has 1 unspecified atom stereocenters. The molecule has 0 spiro atoms. The van der Waals surface area contributed by atoms with Gasteiger partial charge in [-0.25, -0.2) is 8.78 Å². The fraction of sp³-hybridized carbons (Fsp3) is 0.417. The first kappa shape index (κ1) is 22.7. The second kappa shape index (κ2) is 9.90. The third kappa shape index (κ3) is 5.40. The summed E-state index contributed by atoms with van der Waals surface area (Å²) in [4.78, 5) is 24.7. The summed E-state index contributed by atoms with van der Waals surface area (Å²) in [7, 11) is 1.56. The molecule has 1 aliphatic rings. The normalized spacial score (nSPS) is 15.9. The molecule has 0 aromatic heterocycles. The zero-order valence-electron chi connectivity index (χ0n) is 17.8. The number of nitrogens with one attached hydrogen (secondary N) is 2. The maximum absolute atomic E-state index is 14.5.